The van der Waals surface area contributed by atoms with E-state index < -0.39 is 17.7 Å². The highest BCUT2D eigenvalue weighted by Crippen LogP contribution is 2.38. The van der Waals surface area contributed by atoms with Crippen LogP contribution in [0.15, 0.2) is 22.7 Å². The molecule has 7 heteroatoms. The van der Waals surface area contributed by atoms with Crippen LogP contribution in [0.5, 0.6) is 0 Å². The first-order valence-corrected chi connectivity index (χ1v) is 8.16. The van der Waals surface area contributed by atoms with Crippen LogP contribution >= 0.6 is 0 Å². The molecule has 0 amide bonds. The van der Waals surface area contributed by atoms with Crippen LogP contribution < -0.4 is 5.32 Å². The van der Waals surface area contributed by atoms with E-state index in [2.05, 4.69) is 15.5 Å². The predicted molar refractivity (Wildman–Crippen MR) is 83.2 cm³/mol. The van der Waals surface area contributed by atoms with Gasteiger partial charge in [-0.25, -0.2) is 8.78 Å². The summed E-state index contributed by atoms with van der Waals surface area (Å²) in [6.07, 6.45) is 0.840. The molecule has 0 radical (unpaired) electrons. The highest BCUT2D eigenvalue weighted by molar-refractivity contribution is 5.22. The molecule has 1 aliphatic rings. The van der Waals surface area contributed by atoms with Crippen molar-refractivity contribution in [1.82, 2.24) is 15.5 Å². The molecule has 1 aromatic carbocycles. The Morgan fingerprint density at radius 2 is 1.96 bits per heavy atom. The Morgan fingerprint density at radius 1 is 1.29 bits per heavy atom. The Balaban J connectivity index is 1.69. The highest BCUT2D eigenvalue weighted by Gasteiger charge is 2.31. The summed E-state index contributed by atoms with van der Waals surface area (Å²) in [5.41, 5.74) is -0.336. The Morgan fingerprint density at radius 3 is 2.54 bits per heavy atom. The van der Waals surface area contributed by atoms with Gasteiger partial charge in [0.25, 0.3) is 0 Å². The van der Waals surface area contributed by atoms with Gasteiger partial charge < -0.3 is 14.9 Å². The van der Waals surface area contributed by atoms with Gasteiger partial charge in [-0.05, 0) is 30.9 Å². The summed E-state index contributed by atoms with van der Waals surface area (Å²) in [7, 11) is 0. The number of halogens is 2. The average molecular weight is 337 g/mol. The maximum Gasteiger partial charge on any atom is 0.244 e. The summed E-state index contributed by atoms with van der Waals surface area (Å²) in [5, 5.41) is 17.2. The third kappa shape index (κ3) is 3.62. The van der Waals surface area contributed by atoms with E-state index in [0.29, 0.717) is 17.6 Å². The van der Waals surface area contributed by atoms with Gasteiger partial charge in [0, 0.05) is 12.5 Å². The molecular formula is C17H21F2N3O2. The molecule has 1 aromatic heterocycles. The van der Waals surface area contributed by atoms with Gasteiger partial charge in [-0.3, -0.25) is 0 Å². The molecule has 1 aliphatic carbocycles. The van der Waals surface area contributed by atoms with Crippen molar-refractivity contribution in [2.45, 2.75) is 44.8 Å². The Hall–Kier alpha value is -1.86. The van der Waals surface area contributed by atoms with Crippen molar-refractivity contribution in [3.05, 3.63) is 47.1 Å². The summed E-state index contributed by atoms with van der Waals surface area (Å²) >= 11 is 0. The first kappa shape index (κ1) is 17.0. The van der Waals surface area contributed by atoms with E-state index in [-0.39, 0.29) is 24.1 Å². The lowest BCUT2D eigenvalue weighted by Crippen LogP contribution is -2.30. The number of hydrogen-bond donors (Lipinski definition) is 2. The third-order valence-corrected chi connectivity index (χ3v) is 4.20. The summed E-state index contributed by atoms with van der Waals surface area (Å²) < 4.78 is 32.8. The van der Waals surface area contributed by atoms with E-state index in [1.165, 1.54) is 6.07 Å². The number of aliphatic hydroxyl groups excluding tert-OH is 1. The minimum atomic E-state index is -1.31. The number of benzene rings is 1. The monoisotopic (exact) mass is 337 g/mol. The zero-order valence-corrected chi connectivity index (χ0v) is 13.7. The molecule has 0 spiro atoms. The molecule has 5 nitrogen and oxygen atoms in total. The normalized spacial score (nSPS) is 17.2. The molecule has 2 aromatic rings. The molecule has 0 aliphatic heterocycles. The van der Waals surface area contributed by atoms with Crippen LogP contribution in [0.2, 0.25) is 0 Å². The molecule has 1 saturated carbocycles. The minimum Gasteiger partial charge on any atom is -0.387 e. The molecule has 2 unspecified atom stereocenters. The van der Waals surface area contributed by atoms with E-state index in [1.807, 2.05) is 13.8 Å². The van der Waals surface area contributed by atoms with Gasteiger partial charge in [0.15, 0.2) is 5.82 Å². The largest absolute Gasteiger partial charge is 0.387 e. The smallest absolute Gasteiger partial charge is 0.244 e. The lowest BCUT2D eigenvalue weighted by atomic mass is 10.0. The third-order valence-electron chi connectivity index (χ3n) is 4.20. The zero-order valence-electron chi connectivity index (χ0n) is 13.7. The van der Waals surface area contributed by atoms with Crippen molar-refractivity contribution in [1.29, 1.82) is 0 Å². The van der Waals surface area contributed by atoms with Gasteiger partial charge in [-0.2, -0.15) is 4.98 Å². The van der Waals surface area contributed by atoms with Gasteiger partial charge in [0.1, 0.15) is 11.6 Å². The Labute approximate surface area is 139 Å². The van der Waals surface area contributed by atoms with Gasteiger partial charge in [0.05, 0.1) is 17.7 Å². The summed E-state index contributed by atoms with van der Waals surface area (Å²) in [5.74, 6) is 0.105. The molecule has 1 heterocycles. The molecule has 1 fully saturated rings. The zero-order chi connectivity index (χ0) is 17.3. The fourth-order valence-corrected chi connectivity index (χ4v) is 2.66. The second-order valence-electron chi connectivity index (χ2n) is 6.55. The second kappa shape index (κ2) is 6.94. The quantitative estimate of drug-likeness (QED) is 0.811. The summed E-state index contributed by atoms with van der Waals surface area (Å²) in [6.45, 7) is 3.91. The topological polar surface area (TPSA) is 71.2 Å². The van der Waals surface area contributed by atoms with Gasteiger partial charge >= 0.3 is 0 Å². The molecule has 130 valence electrons. The summed E-state index contributed by atoms with van der Waals surface area (Å²) in [4.78, 5) is 4.41. The first-order valence-electron chi connectivity index (χ1n) is 8.16. The fraction of sp³-hybridized carbons (Fsp3) is 0.529. The number of nitrogens with zero attached hydrogens (tertiary/aromatic N) is 2. The van der Waals surface area contributed by atoms with Gasteiger partial charge in [-0.1, -0.05) is 25.1 Å². The summed E-state index contributed by atoms with van der Waals surface area (Å²) in [6, 6.07) is 3.22. The maximum atomic E-state index is 13.7. The Kier molecular flexibility index (Phi) is 4.91. The van der Waals surface area contributed by atoms with Gasteiger partial charge in [-0.15, -0.1) is 0 Å². The van der Waals surface area contributed by atoms with Crippen LogP contribution in [0.25, 0.3) is 0 Å². The standard InChI is InChI=1S/C17H21F2N3O2/c1-9(2)15(17-21-16(22-24-17)10-6-7-10)20-8-13(23)14-11(18)4-3-5-12(14)19/h3-5,9-10,13,15,20,23H,6-8H2,1-2H3. The molecule has 2 atom stereocenters. The maximum absolute atomic E-state index is 13.7. The number of hydrogen-bond acceptors (Lipinski definition) is 5. The van der Waals surface area contributed by atoms with E-state index in [0.717, 1.165) is 25.0 Å². The SMILES string of the molecule is CC(C)C(NCC(O)c1c(F)cccc1F)c1nc(C2CC2)no1. The number of aromatic nitrogens is 2. The Bertz CT molecular complexity index is 681. The second-order valence-corrected chi connectivity index (χ2v) is 6.55. The van der Waals surface area contributed by atoms with Crippen LogP contribution in [0.4, 0.5) is 8.78 Å². The lowest BCUT2D eigenvalue weighted by Gasteiger charge is -2.21. The van der Waals surface area contributed by atoms with Crippen LogP contribution in [0, 0.1) is 17.6 Å². The predicted octanol–water partition coefficient (Wildman–Crippen LogP) is 3.25. The minimum absolute atomic E-state index is 0.0260. The number of rotatable bonds is 7. The molecule has 0 saturated heterocycles. The fourth-order valence-electron chi connectivity index (χ4n) is 2.66. The van der Waals surface area contributed by atoms with Crippen LogP contribution in [0.3, 0.4) is 0 Å². The lowest BCUT2D eigenvalue weighted by molar-refractivity contribution is 0.152. The molecule has 24 heavy (non-hydrogen) atoms. The number of aliphatic hydroxyl groups is 1. The van der Waals surface area contributed by atoms with E-state index >= 15 is 0 Å². The van der Waals surface area contributed by atoms with Crippen molar-refractivity contribution < 1.29 is 18.4 Å². The molecule has 3 rings (SSSR count). The molecular weight excluding hydrogens is 316 g/mol. The van der Waals surface area contributed by atoms with E-state index in [9.17, 15) is 13.9 Å². The van der Waals surface area contributed by atoms with Gasteiger partial charge in [0.2, 0.25) is 5.89 Å². The highest BCUT2D eigenvalue weighted by atomic mass is 19.1. The molecule has 2 N–H and O–H groups in total. The van der Waals surface area contributed by atoms with Crippen LogP contribution in [0.1, 0.15) is 62.0 Å². The van der Waals surface area contributed by atoms with Crippen molar-refractivity contribution in [3.63, 3.8) is 0 Å². The number of nitrogens with one attached hydrogen (secondary N) is 1. The van der Waals surface area contributed by atoms with Crippen molar-refractivity contribution in [2.75, 3.05) is 6.54 Å². The van der Waals surface area contributed by atoms with Crippen molar-refractivity contribution in [3.8, 4) is 0 Å². The average Bonchev–Trinajstić information content (AvgIpc) is 3.26. The van der Waals surface area contributed by atoms with E-state index in [1.54, 1.807) is 0 Å². The van der Waals surface area contributed by atoms with Crippen molar-refractivity contribution in [2.24, 2.45) is 5.92 Å². The van der Waals surface area contributed by atoms with E-state index in [4.69, 9.17) is 4.52 Å². The van der Waals surface area contributed by atoms with Crippen LogP contribution in [-0.2, 0) is 0 Å². The molecule has 0 bridgehead atoms. The first-order chi connectivity index (χ1) is 11.5. The van der Waals surface area contributed by atoms with Crippen LogP contribution in [-0.4, -0.2) is 21.8 Å². The van der Waals surface area contributed by atoms with Crippen molar-refractivity contribution >= 4 is 0 Å².